The molecule has 0 saturated carbocycles. The molecule has 0 unspecified atom stereocenters. The second-order valence-electron chi connectivity index (χ2n) is 8.49. The number of methoxy groups -OCH3 is 1. The first-order valence-corrected chi connectivity index (χ1v) is 10.8. The minimum atomic E-state index is -1.24. The number of nitrogens with zero attached hydrogens (tertiary/aromatic N) is 2. The number of amides is 2. The van der Waals surface area contributed by atoms with Gasteiger partial charge in [-0.1, -0.05) is 48.5 Å². The van der Waals surface area contributed by atoms with E-state index in [2.05, 4.69) is 0 Å². The van der Waals surface area contributed by atoms with E-state index in [9.17, 15) is 19.7 Å². The lowest BCUT2D eigenvalue weighted by atomic mass is 9.54. The summed E-state index contributed by atoms with van der Waals surface area (Å²) in [6.45, 7) is 0. The van der Waals surface area contributed by atoms with Crippen molar-refractivity contribution in [2.75, 3.05) is 12.0 Å². The molecule has 164 valence electrons. The molecule has 0 radical (unpaired) electrons. The van der Waals surface area contributed by atoms with Crippen molar-refractivity contribution < 1.29 is 19.2 Å². The van der Waals surface area contributed by atoms with Crippen molar-refractivity contribution in [2.24, 2.45) is 11.8 Å². The summed E-state index contributed by atoms with van der Waals surface area (Å²) in [6.07, 6.45) is 0. The Kier molecular flexibility index (Phi) is 4.02. The van der Waals surface area contributed by atoms with Crippen LogP contribution in [0.25, 0.3) is 0 Å². The Morgan fingerprint density at radius 1 is 0.970 bits per heavy atom. The number of rotatable bonds is 3. The van der Waals surface area contributed by atoms with Crippen LogP contribution in [0.3, 0.4) is 0 Å². The van der Waals surface area contributed by atoms with Gasteiger partial charge in [0, 0.05) is 5.92 Å². The van der Waals surface area contributed by atoms with Gasteiger partial charge in [0.05, 0.1) is 29.9 Å². The summed E-state index contributed by atoms with van der Waals surface area (Å²) in [5.41, 5.74) is 3.01. The van der Waals surface area contributed by atoms with Gasteiger partial charge in [-0.25, -0.2) is 4.90 Å². The summed E-state index contributed by atoms with van der Waals surface area (Å²) in [4.78, 5) is 38.6. The van der Waals surface area contributed by atoms with Crippen molar-refractivity contribution in [3.63, 3.8) is 0 Å². The maximum atomic E-state index is 13.9. The van der Waals surface area contributed by atoms with Gasteiger partial charge in [0.1, 0.15) is 16.3 Å². The highest BCUT2D eigenvalue weighted by molar-refractivity contribution is 6.33. The normalized spacial score (nSPS) is 26.6. The number of hydrogen-bond acceptors (Lipinski definition) is 5. The minimum Gasteiger partial charge on any atom is -0.496 e. The van der Waals surface area contributed by atoms with Gasteiger partial charge in [0.2, 0.25) is 11.8 Å². The molecule has 1 saturated heterocycles. The van der Waals surface area contributed by atoms with E-state index in [4.69, 9.17) is 16.3 Å². The number of alkyl halides is 1. The summed E-state index contributed by atoms with van der Waals surface area (Å²) < 4.78 is 5.10. The van der Waals surface area contributed by atoms with Crippen molar-refractivity contribution in [3.8, 4) is 5.75 Å². The molecule has 3 aromatic rings. The van der Waals surface area contributed by atoms with E-state index in [1.54, 1.807) is 0 Å². The van der Waals surface area contributed by atoms with E-state index < -0.39 is 33.4 Å². The van der Waals surface area contributed by atoms with Crippen molar-refractivity contribution in [3.05, 3.63) is 99.1 Å². The summed E-state index contributed by atoms with van der Waals surface area (Å²) in [7, 11) is 1.39. The van der Waals surface area contributed by atoms with Crippen LogP contribution in [0.1, 0.15) is 28.2 Å². The van der Waals surface area contributed by atoms with Crippen molar-refractivity contribution >= 4 is 34.8 Å². The number of ether oxygens (including phenoxy) is 1. The first-order chi connectivity index (χ1) is 15.9. The van der Waals surface area contributed by atoms with Crippen molar-refractivity contribution in [1.82, 2.24) is 0 Å². The zero-order valence-electron chi connectivity index (χ0n) is 17.4. The SMILES string of the molecule is COc1ccc(N2C(=O)[C@@H]3C4c5ccccc5C(Cl)(c5ccccc54)[C@@H]3C2=O)c([N+](=O)[O-])c1. The number of nitro benzene ring substituents is 1. The molecule has 0 spiro atoms. The second-order valence-corrected chi connectivity index (χ2v) is 9.09. The number of anilines is 1. The first-order valence-electron chi connectivity index (χ1n) is 10.5. The molecule has 1 aliphatic heterocycles. The Bertz CT molecular complexity index is 1340. The highest BCUT2D eigenvalue weighted by Gasteiger charge is 2.68. The Morgan fingerprint density at radius 3 is 2.15 bits per heavy atom. The van der Waals surface area contributed by atoms with Crippen LogP contribution in [0.4, 0.5) is 11.4 Å². The molecular formula is C25H17ClN2O5. The maximum Gasteiger partial charge on any atom is 0.297 e. The molecule has 1 heterocycles. The molecule has 0 aromatic heterocycles. The van der Waals surface area contributed by atoms with Crippen molar-refractivity contribution in [1.29, 1.82) is 0 Å². The fourth-order valence-electron chi connectivity index (χ4n) is 5.88. The molecule has 1 fully saturated rings. The quantitative estimate of drug-likeness (QED) is 0.251. The molecule has 7 rings (SSSR count). The standard InChI is InChI=1S/C25H17ClN2O5/c1-33-13-10-11-18(19(12-13)28(31)32)27-23(29)21-20-14-6-2-4-8-16(14)25(26,22(21)24(27)30)17-9-5-3-7-15(17)20/h2-12,20-22H,1H3/t20?,21-,22+,25?/m1/s1. The summed E-state index contributed by atoms with van der Waals surface area (Å²) in [6, 6.07) is 19.3. The van der Waals surface area contributed by atoms with Gasteiger partial charge in [0.15, 0.2) is 0 Å². The van der Waals surface area contributed by atoms with E-state index in [0.717, 1.165) is 27.2 Å². The van der Waals surface area contributed by atoms with Crippen LogP contribution in [0.2, 0.25) is 0 Å². The monoisotopic (exact) mass is 460 g/mol. The molecule has 3 aliphatic carbocycles. The van der Waals surface area contributed by atoms with Crippen LogP contribution >= 0.6 is 11.6 Å². The molecular weight excluding hydrogens is 444 g/mol. The number of imide groups is 1. The highest BCUT2D eigenvalue weighted by atomic mass is 35.5. The zero-order valence-corrected chi connectivity index (χ0v) is 18.2. The smallest absolute Gasteiger partial charge is 0.297 e. The summed E-state index contributed by atoms with van der Waals surface area (Å²) >= 11 is 7.37. The number of halogens is 1. The van der Waals surface area contributed by atoms with Gasteiger partial charge in [0.25, 0.3) is 5.69 Å². The molecule has 8 heteroatoms. The molecule has 33 heavy (non-hydrogen) atoms. The number of hydrogen-bond donors (Lipinski definition) is 0. The largest absolute Gasteiger partial charge is 0.496 e. The van der Waals surface area contributed by atoms with E-state index >= 15 is 0 Å². The molecule has 2 amide bonds. The second kappa shape index (κ2) is 6.65. The molecule has 0 N–H and O–H groups in total. The fourth-order valence-corrected chi connectivity index (χ4v) is 6.46. The minimum absolute atomic E-state index is 0.0713. The van der Waals surface area contributed by atoms with E-state index in [1.807, 2.05) is 48.5 Å². The third kappa shape index (κ3) is 2.35. The number of benzene rings is 3. The zero-order chi connectivity index (χ0) is 23.1. The molecule has 4 aliphatic rings. The Balaban J connectivity index is 1.59. The third-order valence-electron chi connectivity index (χ3n) is 7.13. The van der Waals surface area contributed by atoms with E-state index in [1.165, 1.54) is 25.3 Å². The lowest BCUT2D eigenvalue weighted by Gasteiger charge is -2.50. The predicted molar refractivity (Wildman–Crippen MR) is 120 cm³/mol. The van der Waals surface area contributed by atoms with E-state index in [0.29, 0.717) is 0 Å². The summed E-state index contributed by atoms with van der Waals surface area (Å²) in [5.74, 6) is -2.72. The molecule has 7 nitrogen and oxygen atoms in total. The molecule has 2 bridgehead atoms. The average Bonchev–Trinajstić information content (AvgIpc) is 3.10. The Hall–Kier alpha value is -3.71. The number of nitro groups is 1. The molecule has 2 atom stereocenters. The van der Waals surface area contributed by atoms with Gasteiger partial charge in [-0.05, 0) is 34.4 Å². The van der Waals surface area contributed by atoms with Gasteiger partial charge < -0.3 is 4.74 Å². The predicted octanol–water partition coefficient (Wildman–Crippen LogP) is 4.35. The average molecular weight is 461 g/mol. The van der Waals surface area contributed by atoms with Crippen LogP contribution in [-0.4, -0.2) is 23.8 Å². The Labute approximate surface area is 193 Å². The summed E-state index contributed by atoms with van der Waals surface area (Å²) in [5, 5.41) is 11.8. The van der Waals surface area contributed by atoms with Gasteiger partial charge >= 0.3 is 0 Å². The van der Waals surface area contributed by atoms with Crippen LogP contribution < -0.4 is 9.64 Å². The number of carbonyl (C=O) groups is 2. The van der Waals surface area contributed by atoms with Gasteiger partial charge in [-0.2, -0.15) is 0 Å². The van der Waals surface area contributed by atoms with Crippen molar-refractivity contribution in [2.45, 2.75) is 10.8 Å². The lowest BCUT2D eigenvalue weighted by Crippen LogP contribution is -2.50. The maximum absolute atomic E-state index is 13.9. The number of carbonyl (C=O) groups excluding carboxylic acids is 2. The first kappa shape index (κ1) is 19.9. The van der Waals surface area contributed by atoms with Crippen LogP contribution in [0, 0.1) is 22.0 Å². The molecule has 3 aromatic carbocycles. The van der Waals surface area contributed by atoms with Gasteiger partial charge in [-0.15, -0.1) is 11.6 Å². The Morgan fingerprint density at radius 2 is 1.58 bits per heavy atom. The van der Waals surface area contributed by atoms with Crippen LogP contribution in [0.5, 0.6) is 5.75 Å². The van der Waals surface area contributed by atoms with Gasteiger partial charge in [-0.3, -0.25) is 19.7 Å². The van der Waals surface area contributed by atoms with Crippen LogP contribution in [-0.2, 0) is 14.5 Å². The fraction of sp³-hybridized carbons (Fsp3) is 0.200. The van der Waals surface area contributed by atoms with E-state index in [-0.39, 0.29) is 23.0 Å². The van der Waals surface area contributed by atoms with Crippen LogP contribution in [0.15, 0.2) is 66.7 Å². The lowest BCUT2D eigenvalue weighted by molar-refractivity contribution is -0.384. The highest BCUT2D eigenvalue weighted by Crippen LogP contribution is 2.66. The topological polar surface area (TPSA) is 89.8 Å². The third-order valence-corrected chi connectivity index (χ3v) is 7.78.